The van der Waals surface area contributed by atoms with Crippen LogP contribution >= 0.6 is 0 Å². The van der Waals surface area contributed by atoms with Crippen molar-refractivity contribution >= 4 is 16.9 Å². The van der Waals surface area contributed by atoms with E-state index in [0.29, 0.717) is 11.3 Å². The molecule has 3 nitrogen and oxygen atoms in total. The first-order valence-electron chi connectivity index (χ1n) is 9.14. The van der Waals surface area contributed by atoms with E-state index >= 15 is 0 Å². The number of likely N-dealkylation sites (tertiary alicyclic amines) is 1. The molecule has 0 unspecified atom stereocenters. The molecule has 0 bridgehead atoms. The molecule has 1 aliphatic rings. The maximum atomic E-state index is 13.9. The number of rotatable bonds is 3. The lowest BCUT2D eigenvalue weighted by Gasteiger charge is -2.31. The average Bonchev–Trinajstić information content (AvgIpc) is 3.01. The summed E-state index contributed by atoms with van der Waals surface area (Å²) in [5.74, 6) is 0.310. The molecule has 1 amide bonds. The van der Waals surface area contributed by atoms with Crippen molar-refractivity contribution in [2.24, 2.45) is 5.92 Å². The summed E-state index contributed by atoms with van der Waals surface area (Å²) < 4.78 is 19.5. The Morgan fingerprint density at radius 3 is 2.54 bits per heavy atom. The van der Waals surface area contributed by atoms with Crippen LogP contribution in [0.4, 0.5) is 4.39 Å². The molecule has 4 heteroatoms. The van der Waals surface area contributed by atoms with Crippen LogP contribution in [-0.4, -0.2) is 23.9 Å². The van der Waals surface area contributed by atoms with E-state index in [2.05, 4.69) is 24.3 Å². The van der Waals surface area contributed by atoms with Gasteiger partial charge in [-0.1, -0.05) is 42.5 Å². The Morgan fingerprint density at radius 1 is 1.12 bits per heavy atom. The van der Waals surface area contributed by atoms with Gasteiger partial charge in [0.15, 0.2) is 17.2 Å². The third-order valence-electron chi connectivity index (χ3n) is 5.38. The number of nitrogens with zero attached hydrogens (tertiary/aromatic N) is 1. The van der Waals surface area contributed by atoms with E-state index < -0.39 is 5.82 Å². The monoisotopic (exact) mass is 351 g/mol. The number of benzene rings is 2. The van der Waals surface area contributed by atoms with Crippen molar-refractivity contribution < 1.29 is 13.6 Å². The van der Waals surface area contributed by atoms with Gasteiger partial charge in [0, 0.05) is 24.0 Å². The molecular formula is C22H22FNO2. The minimum absolute atomic E-state index is 0.128. The standard InChI is InChI=1S/C22H22FNO2/c1-15-18-8-5-9-19(23)21(18)26-20(15)22(25)24-12-10-17(11-13-24)14-16-6-3-2-4-7-16/h2-9,17H,10-14H2,1H3. The fourth-order valence-electron chi connectivity index (χ4n) is 3.84. The second-order valence-corrected chi connectivity index (χ2v) is 7.10. The Morgan fingerprint density at radius 2 is 1.85 bits per heavy atom. The van der Waals surface area contributed by atoms with Gasteiger partial charge in [0.05, 0.1) is 0 Å². The van der Waals surface area contributed by atoms with Crippen LogP contribution in [-0.2, 0) is 6.42 Å². The van der Waals surface area contributed by atoms with Crippen molar-refractivity contribution in [1.82, 2.24) is 4.90 Å². The van der Waals surface area contributed by atoms with Crippen LogP contribution in [0.25, 0.3) is 11.0 Å². The van der Waals surface area contributed by atoms with E-state index in [-0.39, 0.29) is 17.3 Å². The van der Waals surface area contributed by atoms with Crippen LogP contribution < -0.4 is 0 Å². The zero-order valence-corrected chi connectivity index (χ0v) is 14.9. The molecule has 0 saturated carbocycles. The average molecular weight is 351 g/mol. The van der Waals surface area contributed by atoms with E-state index in [9.17, 15) is 9.18 Å². The number of hydrogen-bond donors (Lipinski definition) is 0. The first kappa shape index (κ1) is 16.8. The van der Waals surface area contributed by atoms with E-state index in [0.717, 1.165) is 37.9 Å². The van der Waals surface area contributed by atoms with Gasteiger partial charge < -0.3 is 9.32 Å². The van der Waals surface area contributed by atoms with Gasteiger partial charge in [0.2, 0.25) is 0 Å². The summed E-state index contributed by atoms with van der Waals surface area (Å²) in [7, 11) is 0. The SMILES string of the molecule is Cc1c(C(=O)N2CCC(Cc3ccccc3)CC2)oc2c(F)cccc12. The molecule has 0 radical (unpaired) electrons. The van der Waals surface area contributed by atoms with Crippen molar-refractivity contribution in [3.63, 3.8) is 0 Å². The zero-order valence-electron chi connectivity index (χ0n) is 14.9. The molecule has 2 aromatic carbocycles. The van der Waals surface area contributed by atoms with E-state index in [1.54, 1.807) is 12.1 Å². The number of halogens is 1. The Balaban J connectivity index is 1.45. The number of furan rings is 1. The van der Waals surface area contributed by atoms with Crippen LogP contribution in [0.2, 0.25) is 0 Å². The molecular weight excluding hydrogens is 329 g/mol. The largest absolute Gasteiger partial charge is 0.448 e. The molecule has 26 heavy (non-hydrogen) atoms. The summed E-state index contributed by atoms with van der Waals surface area (Å²) in [5.41, 5.74) is 2.24. The summed E-state index contributed by atoms with van der Waals surface area (Å²) in [6, 6.07) is 15.3. The van der Waals surface area contributed by atoms with E-state index in [1.165, 1.54) is 11.6 Å². The molecule has 134 valence electrons. The molecule has 1 saturated heterocycles. The molecule has 4 rings (SSSR count). The second-order valence-electron chi connectivity index (χ2n) is 7.10. The highest BCUT2D eigenvalue weighted by Crippen LogP contribution is 2.29. The maximum absolute atomic E-state index is 13.9. The third-order valence-corrected chi connectivity index (χ3v) is 5.38. The number of hydrogen-bond acceptors (Lipinski definition) is 2. The Bertz CT molecular complexity index is 924. The Hall–Kier alpha value is -2.62. The van der Waals surface area contributed by atoms with Gasteiger partial charge in [0.25, 0.3) is 5.91 Å². The highest BCUT2D eigenvalue weighted by molar-refractivity contribution is 5.99. The molecule has 2 heterocycles. The van der Waals surface area contributed by atoms with Crippen molar-refractivity contribution in [3.05, 3.63) is 71.2 Å². The van der Waals surface area contributed by atoms with Crippen LogP contribution in [0.5, 0.6) is 0 Å². The second kappa shape index (κ2) is 6.94. The number of aryl methyl sites for hydroxylation is 1. The van der Waals surface area contributed by atoms with Gasteiger partial charge in [0.1, 0.15) is 0 Å². The van der Waals surface area contributed by atoms with E-state index in [1.807, 2.05) is 17.9 Å². The molecule has 3 aromatic rings. The van der Waals surface area contributed by atoms with Gasteiger partial charge in [-0.05, 0) is 43.7 Å². The fraction of sp³-hybridized carbons (Fsp3) is 0.318. The molecule has 0 atom stereocenters. The Labute approximate surface area is 152 Å². The zero-order chi connectivity index (χ0) is 18.1. The molecule has 0 N–H and O–H groups in total. The maximum Gasteiger partial charge on any atom is 0.289 e. The van der Waals surface area contributed by atoms with Crippen molar-refractivity contribution in [1.29, 1.82) is 0 Å². The van der Waals surface area contributed by atoms with Crippen molar-refractivity contribution in [2.75, 3.05) is 13.1 Å². The van der Waals surface area contributed by atoms with E-state index in [4.69, 9.17) is 4.42 Å². The van der Waals surface area contributed by atoms with Gasteiger partial charge in [-0.3, -0.25) is 4.79 Å². The number of fused-ring (bicyclic) bond motifs is 1. The molecule has 1 aliphatic heterocycles. The lowest BCUT2D eigenvalue weighted by atomic mass is 9.90. The quantitative estimate of drug-likeness (QED) is 0.667. The predicted octanol–water partition coefficient (Wildman–Crippen LogP) is 4.98. The van der Waals surface area contributed by atoms with Gasteiger partial charge in [-0.15, -0.1) is 0 Å². The first-order chi connectivity index (χ1) is 12.6. The van der Waals surface area contributed by atoms with Gasteiger partial charge in [-0.25, -0.2) is 4.39 Å². The summed E-state index contributed by atoms with van der Waals surface area (Å²) in [4.78, 5) is 14.7. The number of piperidine rings is 1. The summed E-state index contributed by atoms with van der Waals surface area (Å²) >= 11 is 0. The van der Waals surface area contributed by atoms with Crippen LogP contribution in [0.15, 0.2) is 52.9 Å². The number of carbonyl (C=O) groups is 1. The van der Waals surface area contributed by atoms with Crippen LogP contribution in [0, 0.1) is 18.7 Å². The van der Waals surface area contributed by atoms with Crippen LogP contribution in [0.3, 0.4) is 0 Å². The number of carbonyl (C=O) groups excluding carboxylic acids is 1. The van der Waals surface area contributed by atoms with Crippen molar-refractivity contribution in [3.8, 4) is 0 Å². The normalized spacial score (nSPS) is 15.5. The van der Waals surface area contributed by atoms with Gasteiger partial charge in [-0.2, -0.15) is 0 Å². The highest BCUT2D eigenvalue weighted by Gasteiger charge is 2.28. The third kappa shape index (κ3) is 3.12. The van der Waals surface area contributed by atoms with Crippen LogP contribution in [0.1, 0.15) is 34.5 Å². The smallest absolute Gasteiger partial charge is 0.289 e. The molecule has 1 fully saturated rings. The predicted molar refractivity (Wildman–Crippen MR) is 99.7 cm³/mol. The van der Waals surface area contributed by atoms with Gasteiger partial charge >= 0.3 is 0 Å². The first-order valence-corrected chi connectivity index (χ1v) is 9.14. The molecule has 1 aromatic heterocycles. The minimum atomic E-state index is -0.425. The van der Waals surface area contributed by atoms with Crippen molar-refractivity contribution in [2.45, 2.75) is 26.2 Å². The number of amides is 1. The summed E-state index contributed by atoms with van der Waals surface area (Å²) in [6.07, 6.45) is 3.01. The fourth-order valence-corrected chi connectivity index (χ4v) is 3.84. The topological polar surface area (TPSA) is 33.5 Å². The number of para-hydroxylation sites is 1. The Kier molecular flexibility index (Phi) is 4.49. The lowest BCUT2D eigenvalue weighted by Crippen LogP contribution is -2.39. The molecule has 0 aliphatic carbocycles. The summed E-state index contributed by atoms with van der Waals surface area (Å²) in [5, 5.41) is 0.673. The lowest BCUT2D eigenvalue weighted by molar-refractivity contribution is 0.0659. The minimum Gasteiger partial charge on any atom is -0.448 e. The molecule has 0 spiro atoms. The highest BCUT2D eigenvalue weighted by atomic mass is 19.1. The summed E-state index contributed by atoms with van der Waals surface area (Å²) in [6.45, 7) is 3.26.